The Bertz CT molecular complexity index is 888. The average Bonchev–Trinajstić information content (AvgIpc) is 3.20. The van der Waals surface area contributed by atoms with E-state index < -0.39 is 0 Å². The largest absolute Gasteiger partial charge is 0.339 e. The van der Waals surface area contributed by atoms with Gasteiger partial charge in [0, 0.05) is 38.3 Å². The summed E-state index contributed by atoms with van der Waals surface area (Å²) in [5, 5.41) is 4.65. The van der Waals surface area contributed by atoms with Crippen molar-refractivity contribution in [2.75, 3.05) is 26.2 Å². The average molecular weight is 425 g/mol. The van der Waals surface area contributed by atoms with Crippen molar-refractivity contribution in [3.63, 3.8) is 0 Å². The standard InChI is InChI=1S/C25H36N4O2/c1-19(2)22-18-21(26-29(22)25(3,4)5)24(31)28-16-14-27(15-17-28)23(30)13-9-12-20-10-7-6-8-11-20/h6-8,10-11,18-19H,9,12-17H2,1-5H3. The van der Waals surface area contributed by atoms with Crippen LogP contribution in [-0.2, 0) is 16.8 Å². The van der Waals surface area contributed by atoms with Gasteiger partial charge in [0.2, 0.25) is 5.91 Å². The Morgan fingerprint density at radius 2 is 1.61 bits per heavy atom. The predicted molar refractivity (Wildman–Crippen MR) is 123 cm³/mol. The molecule has 1 aromatic heterocycles. The van der Waals surface area contributed by atoms with Crippen LogP contribution in [0.15, 0.2) is 36.4 Å². The first kappa shape index (κ1) is 23.0. The van der Waals surface area contributed by atoms with E-state index >= 15 is 0 Å². The summed E-state index contributed by atoms with van der Waals surface area (Å²) in [6, 6.07) is 12.2. The molecular formula is C25H36N4O2. The van der Waals surface area contributed by atoms with Gasteiger partial charge in [-0.25, -0.2) is 0 Å². The summed E-state index contributed by atoms with van der Waals surface area (Å²) in [4.78, 5) is 29.4. The molecule has 1 aromatic carbocycles. The van der Waals surface area contributed by atoms with E-state index in [1.165, 1.54) is 5.56 Å². The van der Waals surface area contributed by atoms with Crippen LogP contribution in [0.5, 0.6) is 0 Å². The lowest BCUT2D eigenvalue weighted by atomic mass is 10.1. The van der Waals surface area contributed by atoms with Crippen molar-refractivity contribution in [2.24, 2.45) is 0 Å². The minimum Gasteiger partial charge on any atom is -0.339 e. The third-order valence-electron chi connectivity index (χ3n) is 5.80. The van der Waals surface area contributed by atoms with Crippen molar-refractivity contribution in [1.29, 1.82) is 0 Å². The summed E-state index contributed by atoms with van der Waals surface area (Å²) in [7, 11) is 0. The Hall–Kier alpha value is -2.63. The van der Waals surface area contributed by atoms with Gasteiger partial charge in [0.15, 0.2) is 5.69 Å². The van der Waals surface area contributed by atoms with Gasteiger partial charge in [-0.3, -0.25) is 14.3 Å². The van der Waals surface area contributed by atoms with Gasteiger partial charge in [-0.15, -0.1) is 0 Å². The second-order valence-electron chi connectivity index (χ2n) is 9.70. The Balaban J connectivity index is 1.53. The second kappa shape index (κ2) is 9.67. The lowest BCUT2D eigenvalue weighted by molar-refractivity contribution is -0.132. The van der Waals surface area contributed by atoms with E-state index in [1.807, 2.05) is 38.7 Å². The summed E-state index contributed by atoms with van der Waals surface area (Å²) < 4.78 is 1.97. The van der Waals surface area contributed by atoms with Crippen molar-refractivity contribution in [3.8, 4) is 0 Å². The molecule has 1 fully saturated rings. The monoisotopic (exact) mass is 424 g/mol. The highest BCUT2D eigenvalue weighted by molar-refractivity contribution is 5.92. The van der Waals surface area contributed by atoms with Crippen LogP contribution in [0.3, 0.4) is 0 Å². The maximum Gasteiger partial charge on any atom is 0.274 e. The summed E-state index contributed by atoms with van der Waals surface area (Å²) in [6.07, 6.45) is 2.32. The zero-order valence-corrected chi connectivity index (χ0v) is 19.6. The molecule has 0 radical (unpaired) electrons. The molecule has 1 saturated heterocycles. The van der Waals surface area contributed by atoms with Gasteiger partial charge in [-0.1, -0.05) is 44.2 Å². The summed E-state index contributed by atoms with van der Waals surface area (Å²) in [5.74, 6) is 0.432. The molecule has 2 heterocycles. The minimum atomic E-state index is -0.178. The topological polar surface area (TPSA) is 58.4 Å². The van der Waals surface area contributed by atoms with Crippen LogP contribution in [0, 0.1) is 0 Å². The summed E-state index contributed by atoms with van der Waals surface area (Å²) in [5.41, 5.74) is 2.66. The lowest BCUT2D eigenvalue weighted by Crippen LogP contribution is -2.50. The van der Waals surface area contributed by atoms with Gasteiger partial charge in [0.05, 0.1) is 5.54 Å². The fourth-order valence-electron chi connectivity index (χ4n) is 4.02. The number of hydrogen-bond donors (Lipinski definition) is 0. The van der Waals surface area contributed by atoms with Gasteiger partial charge >= 0.3 is 0 Å². The fourth-order valence-corrected chi connectivity index (χ4v) is 4.02. The Morgan fingerprint density at radius 1 is 1.00 bits per heavy atom. The van der Waals surface area contributed by atoms with E-state index in [0.717, 1.165) is 18.5 Å². The molecule has 6 nitrogen and oxygen atoms in total. The Morgan fingerprint density at radius 3 is 2.16 bits per heavy atom. The molecule has 2 aromatic rings. The predicted octanol–water partition coefficient (Wildman–Crippen LogP) is 4.07. The normalized spacial score (nSPS) is 14.9. The lowest BCUT2D eigenvalue weighted by Gasteiger charge is -2.34. The Kier molecular flexibility index (Phi) is 7.19. The smallest absolute Gasteiger partial charge is 0.274 e. The van der Waals surface area contributed by atoms with Gasteiger partial charge < -0.3 is 9.80 Å². The van der Waals surface area contributed by atoms with E-state index in [0.29, 0.717) is 44.2 Å². The number of carbonyl (C=O) groups excluding carboxylic acids is 2. The van der Waals surface area contributed by atoms with E-state index in [9.17, 15) is 9.59 Å². The van der Waals surface area contributed by atoms with Crippen molar-refractivity contribution < 1.29 is 9.59 Å². The first-order valence-electron chi connectivity index (χ1n) is 11.4. The van der Waals surface area contributed by atoms with Crippen molar-refractivity contribution in [1.82, 2.24) is 19.6 Å². The molecule has 6 heteroatoms. The first-order valence-corrected chi connectivity index (χ1v) is 11.4. The molecule has 168 valence electrons. The molecule has 1 aliphatic rings. The molecule has 0 spiro atoms. The number of aromatic nitrogens is 2. The van der Waals surface area contributed by atoms with Gasteiger partial charge in [-0.05, 0) is 51.2 Å². The third kappa shape index (κ3) is 5.75. The molecule has 0 bridgehead atoms. The molecule has 1 aliphatic heterocycles. The van der Waals surface area contributed by atoms with E-state index in [-0.39, 0.29) is 17.4 Å². The quantitative estimate of drug-likeness (QED) is 0.702. The molecule has 0 aliphatic carbocycles. The van der Waals surface area contributed by atoms with E-state index in [4.69, 9.17) is 0 Å². The highest BCUT2D eigenvalue weighted by atomic mass is 16.2. The highest BCUT2D eigenvalue weighted by Gasteiger charge is 2.29. The van der Waals surface area contributed by atoms with Crippen LogP contribution >= 0.6 is 0 Å². The Labute approximate surface area is 186 Å². The van der Waals surface area contributed by atoms with Gasteiger partial charge in [0.25, 0.3) is 5.91 Å². The molecule has 2 amide bonds. The van der Waals surface area contributed by atoms with Crippen LogP contribution in [0.25, 0.3) is 0 Å². The number of piperazine rings is 1. The molecular weight excluding hydrogens is 388 g/mol. The first-order chi connectivity index (χ1) is 14.7. The summed E-state index contributed by atoms with van der Waals surface area (Å²) >= 11 is 0. The third-order valence-corrected chi connectivity index (χ3v) is 5.80. The number of hydrogen-bond acceptors (Lipinski definition) is 3. The molecule has 0 atom stereocenters. The van der Waals surface area contributed by atoms with Crippen LogP contribution in [-0.4, -0.2) is 57.6 Å². The maximum absolute atomic E-state index is 13.1. The van der Waals surface area contributed by atoms with Crippen molar-refractivity contribution in [3.05, 3.63) is 53.3 Å². The second-order valence-corrected chi connectivity index (χ2v) is 9.70. The minimum absolute atomic E-state index is 0.0407. The number of carbonyl (C=O) groups is 2. The molecule has 0 unspecified atom stereocenters. The number of rotatable bonds is 6. The molecule has 31 heavy (non-hydrogen) atoms. The molecule has 0 N–H and O–H groups in total. The number of nitrogens with zero attached hydrogens (tertiary/aromatic N) is 4. The zero-order chi connectivity index (χ0) is 22.6. The number of aryl methyl sites for hydroxylation is 1. The maximum atomic E-state index is 13.1. The SMILES string of the molecule is CC(C)c1cc(C(=O)N2CCN(C(=O)CCCc3ccccc3)CC2)nn1C(C)(C)C. The highest BCUT2D eigenvalue weighted by Crippen LogP contribution is 2.24. The van der Waals surface area contributed by atoms with Gasteiger partial charge in [0.1, 0.15) is 0 Å². The zero-order valence-electron chi connectivity index (χ0n) is 19.6. The van der Waals surface area contributed by atoms with Crippen LogP contribution in [0.2, 0.25) is 0 Å². The van der Waals surface area contributed by atoms with Gasteiger partial charge in [-0.2, -0.15) is 5.10 Å². The summed E-state index contributed by atoms with van der Waals surface area (Å²) in [6.45, 7) is 12.8. The molecule has 3 rings (SSSR count). The van der Waals surface area contributed by atoms with Crippen LogP contribution < -0.4 is 0 Å². The van der Waals surface area contributed by atoms with Crippen LogP contribution in [0.4, 0.5) is 0 Å². The van der Waals surface area contributed by atoms with Crippen LogP contribution in [0.1, 0.15) is 75.1 Å². The number of benzene rings is 1. The van der Waals surface area contributed by atoms with Crippen molar-refractivity contribution >= 4 is 11.8 Å². The number of amides is 2. The van der Waals surface area contributed by atoms with E-state index in [1.54, 1.807) is 0 Å². The van der Waals surface area contributed by atoms with Crippen molar-refractivity contribution in [2.45, 2.75) is 65.3 Å². The van der Waals surface area contributed by atoms with E-state index in [2.05, 4.69) is 51.9 Å². The molecule has 0 saturated carbocycles. The fraction of sp³-hybridized carbons (Fsp3) is 0.560.